The number of ether oxygens (including phenoxy) is 1. The van der Waals surface area contributed by atoms with Crippen molar-refractivity contribution in [2.45, 2.75) is 19.1 Å². The fourth-order valence-electron chi connectivity index (χ4n) is 1.58. The second-order valence-corrected chi connectivity index (χ2v) is 4.90. The van der Waals surface area contributed by atoms with Gasteiger partial charge in [0.2, 0.25) is 0 Å². The lowest BCUT2D eigenvalue weighted by Crippen LogP contribution is -2.29. The summed E-state index contributed by atoms with van der Waals surface area (Å²) in [6.45, 7) is 1.78. The lowest BCUT2D eigenvalue weighted by molar-refractivity contribution is 0.146. The summed E-state index contributed by atoms with van der Waals surface area (Å²) in [5.41, 5.74) is 5.84. The van der Waals surface area contributed by atoms with Crippen molar-refractivity contribution in [2.24, 2.45) is 5.73 Å². The molecule has 18 heavy (non-hydrogen) atoms. The zero-order valence-corrected chi connectivity index (χ0v) is 11.4. The van der Waals surface area contributed by atoms with Crippen molar-refractivity contribution in [3.8, 4) is 5.75 Å². The molecule has 0 spiro atoms. The summed E-state index contributed by atoms with van der Waals surface area (Å²) in [5.74, 6) is 0.280. The maximum atomic E-state index is 13.6. The van der Waals surface area contributed by atoms with Gasteiger partial charge in [-0.05, 0) is 37.3 Å². The van der Waals surface area contributed by atoms with E-state index >= 15 is 0 Å². The minimum Gasteiger partial charge on any atom is -0.478 e. The summed E-state index contributed by atoms with van der Waals surface area (Å²) in [6.07, 6.45) is 1.01. The standard InChI is InChI=1S/C13H13BrFNO2/c1-8(16)13(11-3-2-6-17-11)18-12-7-9(14)4-5-10(12)15/h2-8,13H,16H2,1H3. The van der Waals surface area contributed by atoms with Gasteiger partial charge in [0.05, 0.1) is 6.26 Å². The van der Waals surface area contributed by atoms with Crippen LogP contribution in [0.25, 0.3) is 0 Å². The predicted octanol–water partition coefficient (Wildman–Crippen LogP) is 3.65. The maximum Gasteiger partial charge on any atom is 0.171 e. The molecule has 2 rings (SSSR count). The molecule has 0 saturated carbocycles. The zero-order valence-electron chi connectivity index (χ0n) is 9.77. The Balaban J connectivity index is 2.27. The summed E-state index contributed by atoms with van der Waals surface area (Å²) in [7, 11) is 0. The van der Waals surface area contributed by atoms with Gasteiger partial charge in [-0.25, -0.2) is 4.39 Å². The van der Waals surface area contributed by atoms with Gasteiger partial charge in [-0.1, -0.05) is 15.9 Å². The van der Waals surface area contributed by atoms with E-state index in [9.17, 15) is 4.39 Å². The van der Waals surface area contributed by atoms with E-state index in [4.69, 9.17) is 14.9 Å². The summed E-state index contributed by atoms with van der Waals surface area (Å²) in [5, 5.41) is 0. The molecule has 0 bridgehead atoms. The molecule has 0 aliphatic heterocycles. The first-order chi connectivity index (χ1) is 8.58. The highest BCUT2D eigenvalue weighted by Crippen LogP contribution is 2.29. The Morgan fingerprint density at radius 1 is 1.39 bits per heavy atom. The lowest BCUT2D eigenvalue weighted by Gasteiger charge is -2.20. The lowest BCUT2D eigenvalue weighted by atomic mass is 10.1. The van der Waals surface area contributed by atoms with E-state index in [1.54, 1.807) is 31.2 Å². The summed E-state index contributed by atoms with van der Waals surface area (Å²) >= 11 is 3.27. The molecular weight excluding hydrogens is 301 g/mol. The van der Waals surface area contributed by atoms with Crippen LogP contribution in [0.15, 0.2) is 45.5 Å². The molecule has 2 aromatic rings. The largest absolute Gasteiger partial charge is 0.478 e. The Kier molecular flexibility index (Phi) is 4.04. The molecule has 0 radical (unpaired) electrons. The molecule has 3 nitrogen and oxygen atoms in total. The monoisotopic (exact) mass is 313 g/mol. The van der Waals surface area contributed by atoms with Crippen molar-refractivity contribution in [2.75, 3.05) is 0 Å². The average Bonchev–Trinajstić information content (AvgIpc) is 2.83. The van der Waals surface area contributed by atoms with Gasteiger partial charge in [-0.2, -0.15) is 0 Å². The Labute approximate surface area is 113 Å². The van der Waals surface area contributed by atoms with E-state index in [1.807, 2.05) is 0 Å². The number of nitrogens with two attached hydrogens (primary N) is 1. The van der Waals surface area contributed by atoms with E-state index in [1.165, 1.54) is 12.3 Å². The van der Waals surface area contributed by atoms with Crippen molar-refractivity contribution in [3.63, 3.8) is 0 Å². The van der Waals surface area contributed by atoms with Crippen molar-refractivity contribution in [1.82, 2.24) is 0 Å². The van der Waals surface area contributed by atoms with Gasteiger partial charge in [-0.15, -0.1) is 0 Å². The molecule has 2 atom stereocenters. The SMILES string of the molecule is CC(N)C(Oc1cc(Br)ccc1F)c1ccco1. The van der Waals surface area contributed by atoms with Crippen molar-refractivity contribution >= 4 is 15.9 Å². The Bertz CT molecular complexity index is 514. The number of rotatable bonds is 4. The van der Waals surface area contributed by atoms with Gasteiger partial charge in [-0.3, -0.25) is 0 Å². The van der Waals surface area contributed by atoms with Crippen LogP contribution in [0.2, 0.25) is 0 Å². The third-order valence-corrected chi connectivity index (χ3v) is 2.94. The molecule has 0 aliphatic carbocycles. The topological polar surface area (TPSA) is 48.4 Å². The number of hydrogen-bond donors (Lipinski definition) is 1. The van der Waals surface area contributed by atoms with Gasteiger partial charge < -0.3 is 14.9 Å². The van der Waals surface area contributed by atoms with Crippen LogP contribution in [0.4, 0.5) is 4.39 Å². The Hall–Kier alpha value is -1.33. The zero-order chi connectivity index (χ0) is 13.1. The van der Waals surface area contributed by atoms with E-state index in [0.29, 0.717) is 5.76 Å². The van der Waals surface area contributed by atoms with Crippen molar-refractivity contribution in [3.05, 3.63) is 52.6 Å². The predicted molar refractivity (Wildman–Crippen MR) is 69.8 cm³/mol. The highest BCUT2D eigenvalue weighted by molar-refractivity contribution is 9.10. The quantitative estimate of drug-likeness (QED) is 0.937. The molecule has 0 fully saturated rings. The molecule has 1 aromatic heterocycles. The molecule has 2 unspecified atom stereocenters. The van der Waals surface area contributed by atoms with Crippen LogP contribution in [-0.4, -0.2) is 6.04 Å². The van der Waals surface area contributed by atoms with Crippen LogP contribution in [0.1, 0.15) is 18.8 Å². The number of furan rings is 1. The molecule has 5 heteroatoms. The van der Waals surface area contributed by atoms with Crippen LogP contribution in [0, 0.1) is 5.82 Å². The van der Waals surface area contributed by atoms with Crippen molar-refractivity contribution in [1.29, 1.82) is 0 Å². The highest BCUT2D eigenvalue weighted by atomic mass is 79.9. The Morgan fingerprint density at radius 3 is 2.78 bits per heavy atom. The summed E-state index contributed by atoms with van der Waals surface area (Å²) in [4.78, 5) is 0. The molecule has 2 N–H and O–H groups in total. The normalized spacial score (nSPS) is 14.2. The molecule has 1 aromatic carbocycles. The molecular formula is C13H13BrFNO2. The van der Waals surface area contributed by atoms with Crippen LogP contribution in [0.5, 0.6) is 5.75 Å². The van der Waals surface area contributed by atoms with Gasteiger partial charge >= 0.3 is 0 Å². The van der Waals surface area contributed by atoms with Crippen LogP contribution in [-0.2, 0) is 0 Å². The number of hydrogen-bond acceptors (Lipinski definition) is 3. The van der Waals surface area contributed by atoms with Crippen LogP contribution >= 0.6 is 15.9 Å². The van der Waals surface area contributed by atoms with E-state index in [-0.39, 0.29) is 11.8 Å². The van der Waals surface area contributed by atoms with E-state index in [2.05, 4.69) is 15.9 Å². The first-order valence-electron chi connectivity index (χ1n) is 5.48. The molecule has 0 amide bonds. The first-order valence-corrected chi connectivity index (χ1v) is 6.28. The minimum atomic E-state index is -0.524. The second-order valence-electron chi connectivity index (χ2n) is 3.99. The van der Waals surface area contributed by atoms with Gasteiger partial charge in [0.1, 0.15) is 5.76 Å². The number of benzene rings is 1. The van der Waals surface area contributed by atoms with E-state index in [0.717, 1.165) is 4.47 Å². The Morgan fingerprint density at radius 2 is 2.17 bits per heavy atom. The minimum absolute atomic E-state index is 0.142. The summed E-state index contributed by atoms with van der Waals surface area (Å²) in [6, 6.07) is 7.67. The van der Waals surface area contributed by atoms with Crippen LogP contribution < -0.4 is 10.5 Å². The third kappa shape index (κ3) is 2.91. The first kappa shape index (κ1) is 13.1. The smallest absolute Gasteiger partial charge is 0.171 e. The molecule has 1 heterocycles. The maximum absolute atomic E-state index is 13.6. The average molecular weight is 314 g/mol. The van der Waals surface area contributed by atoms with Crippen LogP contribution in [0.3, 0.4) is 0 Å². The van der Waals surface area contributed by atoms with Gasteiger partial charge in [0, 0.05) is 10.5 Å². The van der Waals surface area contributed by atoms with E-state index < -0.39 is 11.9 Å². The van der Waals surface area contributed by atoms with Gasteiger partial charge in [0.25, 0.3) is 0 Å². The van der Waals surface area contributed by atoms with Crippen molar-refractivity contribution < 1.29 is 13.5 Å². The third-order valence-electron chi connectivity index (χ3n) is 2.45. The second kappa shape index (κ2) is 5.54. The highest BCUT2D eigenvalue weighted by Gasteiger charge is 2.22. The molecule has 0 saturated heterocycles. The molecule has 0 aliphatic rings. The fraction of sp³-hybridized carbons (Fsp3) is 0.231. The summed E-state index contributed by atoms with van der Waals surface area (Å²) < 4.78 is 25.2. The molecule has 96 valence electrons. The van der Waals surface area contributed by atoms with Gasteiger partial charge in [0.15, 0.2) is 17.7 Å². The fourth-order valence-corrected chi connectivity index (χ4v) is 1.92. The number of halogens is 2.